The number of hydrogen-bond acceptors (Lipinski definition) is 9. The number of para-hydroxylation sites is 2. The lowest BCUT2D eigenvalue weighted by atomic mass is 10.0. The van der Waals surface area contributed by atoms with E-state index in [1.165, 1.54) is 25.7 Å². The molecule has 12 heteroatoms. The number of anilines is 2. The number of halogens is 1. The fourth-order valence-electron chi connectivity index (χ4n) is 4.71. The fraction of sp³-hybridized carbons (Fsp3) is 0.250. The number of amides is 2. The Morgan fingerprint density at radius 1 is 0.854 bits per heavy atom. The smallest absolute Gasteiger partial charge is 0.412 e. The summed E-state index contributed by atoms with van der Waals surface area (Å²) in [5.41, 5.74) is 3.26. The maximum Gasteiger partial charge on any atom is 0.412 e. The minimum Gasteiger partial charge on any atom is -0.493 e. The van der Waals surface area contributed by atoms with E-state index in [0.717, 1.165) is 11.1 Å². The molecule has 0 radical (unpaired) electrons. The Hall–Kier alpha value is -5.78. The van der Waals surface area contributed by atoms with Gasteiger partial charge in [0.1, 0.15) is 28.9 Å². The van der Waals surface area contributed by atoms with Gasteiger partial charge in [0.05, 0.1) is 31.7 Å². The van der Waals surface area contributed by atoms with Gasteiger partial charge in [-0.1, -0.05) is 12.1 Å². The molecule has 0 atom stereocenters. The van der Waals surface area contributed by atoms with Crippen LogP contribution in [-0.4, -0.2) is 52.9 Å². The maximum absolute atomic E-state index is 14.4. The molecule has 248 valence electrons. The molecule has 11 nitrogen and oxygen atoms in total. The van der Waals surface area contributed by atoms with E-state index in [-0.39, 0.29) is 11.8 Å². The molecule has 0 saturated carbocycles. The Labute approximate surface area is 277 Å². The monoisotopic (exact) mass is 653 g/mol. The van der Waals surface area contributed by atoms with Gasteiger partial charge >= 0.3 is 6.09 Å². The number of nitrogens with zero attached hydrogens (tertiary/aromatic N) is 3. The van der Waals surface area contributed by atoms with Crippen LogP contribution in [0.4, 0.5) is 20.6 Å². The third-order valence-corrected chi connectivity index (χ3v) is 6.98. The Balaban J connectivity index is 1.16. The van der Waals surface area contributed by atoms with Gasteiger partial charge in [0.15, 0.2) is 5.82 Å². The van der Waals surface area contributed by atoms with Crippen LogP contribution in [0.5, 0.6) is 17.4 Å². The Morgan fingerprint density at radius 2 is 1.56 bits per heavy atom. The molecule has 0 fully saturated rings. The summed E-state index contributed by atoms with van der Waals surface area (Å²) >= 11 is 0. The fourth-order valence-corrected chi connectivity index (χ4v) is 4.71. The first-order valence-corrected chi connectivity index (χ1v) is 15.2. The van der Waals surface area contributed by atoms with Crippen molar-refractivity contribution in [3.63, 3.8) is 0 Å². The summed E-state index contributed by atoms with van der Waals surface area (Å²) < 4.78 is 36.7. The van der Waals surface area contributed by atoms with Gasteiger partial charge in [-0.3, -0.25) is 10.1 Å². The Morgan fingerprint density at radius 3 is 2.25 bits per heavy atom. The number of rotatable bonds is 11. The van der Waals surface area contributed by atoms with Crippen LogP contribution in [0.25, 0.3) is 22.0 Å². The third-order valence-electron chi connectivity index (χ3n) is 6.98. The number of carbonyl (C=O) groups is 2. The van der Waals surface area contributed by atoms with Gasteiger partial charge in [-0.2, -0.15) is 0 Å². The molecule has 0 spiro atoms. The maximum atomic E-state index is 14.4. The highest BCUT2D eigenvalue weighted by atomic mass is 19.1. The van der Waals surface area contributed by atoms with Crippen molar-refractivity contribution in [2.75, 3.05) is 31.0 Å². The standard InChI is InChI=1S/C36H36FN5O6/c1-22-27-17-24(25-18-28(37)34(45-5)38-20-25)19-31(32(27)40-21-39-22)47-16-8-15-46-26-13-11-23(12-14-26)33(43)41-29-9-6-7-10-30(29)42-35(44)48-36(2,3)4/h6-7,9-14,17-21H,8,15-16H2,1-5H3,(H,41,43)(H,42,44). The molecule has 2 aromatic heterocycles. The van der Waals surface area contributed by atoms with E-state index in [4.69, 9.17) is 18.9 Å². The van der Waals surface area contributed by atoms with Crippen molar-refractivity contribution in [2.45, 2.75) is 39.7 Å². The average molecular weight is 654 g/mol. The van der Waals surface area contributed by atoms with E-state index in [2.05, 4.69) is 25.6 Å². The molecule has 48 heavy (non-hydrogen) atoms. The molecular formula is C36H36FN5O6. The van der Waals surface area contributed by atoms with E-state index in [1.807, 2.05) is 13.0 Å². The first-order chi connectivity index (χ1) is 23.0. The molecule has 2 heterocycles. The van der Waals surface area contributed by atoms with Gasteiger partial charge < -0.3 is 24.3 Å². The zero-order valence-corrected chi connectivity index (χ0v) is 27.3. The van der Waals surface area contributed by atoms with Crippen LogP contribution in [-0.2, 0) is 4.74 Å². The van der Waals surface area contributed by atoms with Crippen LogP contribution in [0, 0.1) is 12.7 Å². The number of carbonyl (C=O) groups excluding carboxylic acids is 2. The van der Waals surface area contributed by atoms with Crippen LogP contribution in [0.1, 0.15) is 43.2 Å². The highest BCUT2D eigenvalue weighted by molar-refractivity contribution is 6.07. The van der Waals surface area contributed by atoms with E-state index in [1.54, 1.807) is 75.4 Å². The molecule has 0 saturated heterocycles. The number of fused-ring (bicyclic) bond motifs is 1. The van der Waals surface area contributed by atoms with Gasteiger partial charge in [-0.05, 0) is 87.9 Å². The number of aromatic nitrogens is 3. The van der Waals surface area contributed by atoms with E-state index >= 15 is 0 Å². The quantitative estimate of drug-likeness (QED) is 0.138. The summed E-state index contributed by atoms with van der Waals surface area (Å²) in [7, 11) is 1.36. The van der Waals surface area contributed by atoms with Gasteiger partial charge in [-0.25, -0.2) is 24.1 Å². The van der Waals surface area contributed by atoms with Crippen molar-refractivity contribution in [3.8, 4) is 28.5 Å². The molecule has 2 amide bonds. The van der Waals surface area contributed by atoms with Crippen molar-refractivity contribution < 1.29 is 32.9 Å². The molecule has 0 aliphatic rings. The van der Waals surface area contributed by atoms with Crippen molar-refractivity contribution in [3.05, 3.63) is 96.3 Å². The summed E-state index contributed by atoms with van der Waals surface area (Å²) in [5, 5.41) is 6.28. The first kappa shape index (κ1) is 33.6. The summed E-state index contributed by atoms with van der Waals surface area (Å²) in [6.45, 7) is 7.87. The van der Waals surface area contributed by atoms with Crippen LogP contribution in [0.3, 0.4) is 0 Å². The summed E-state index contributed by atoms with van der Waals surface area (Å²) in [5.74, 6) is 0.118. The topological polar surface area (TPSA) is 134 Å². The molecule has 5 rings (SSSR count). The predicted octanol–water partition coefficient (Wildman–Crippen LogP) is 7.60. The molecule has 3 aromatic carbocycles. The van der Waals surface area contributed by atoms with Crippen LogP contribution in [0.2, 0.25) is 0 Å². The molecule has 5 aromatic rings. The average Bonchev–Trinajstić information content (AvgIpc) is 3.05. The molecule has 0 unspecified atom stereocenters. The molecule has 0 aliphatic heterocycles. The molecule has 0 aliphatic carbocycles. The Bertz CT molecular complexity index is 1930. The first-order valence-electron chi connectivity index (χ1n) is 15.2. The van der Waals surface area contributed by atoms with Crippen molar-refractivity contribution in [2.24, 2.45) is 0 Å². The number of methoxy groups -OCH3 is 1. The second-order valence-corrected chi connectivity index (χ2v) is 11.7. The van der Waals surface area contributed by atoms with Crippen LogP contribution in [0.15, 0.2) is 79.3 Å². The lowest BCUT2D eigenvalue weighted by Crippen LogP contribution is -2.27. The van der Waals surface area contributed by atoms with Crippen molar-refractivity contribution >= 4 is 34.3 Å². The number of ether oxygens (including phenoxy) is 4. The number of nitrogens with one attached hydrogen (secondary N) is 2. The lowest BCUT2D eigenvalue weighted by Gasteiger charge is -2.20. The van der Waals surface area contributed by atoms with Gasteiger partial charge in [0.25, 0.3) is 5.91 Å². The largest absolute Gasteiger partial charge is 0.493 e. The van der Waals surface area contributed by atoms with Gasteiger partial charge in [0, 0.05) is 34.8 Å². The van der Waals surface area contributed by atoms with E-state index < -0.39 is 17.5 Å². The van der Waals surface area contributed by atoms with Crippen LogP contribution < -0.4 is 24.8 Å². The highest BCUT2D eigenvalue weighted by Gasteiger charge is 2.18. The lowest BCUT2D eigenvalue weighted by molar-refractivity contribution is 0.0635. The normalized spacial score (nSPS) is 11.1. The van der Waals surface area contributed by atoms with Gasteiger partial charge in [0.2, 0.25) is 5.88 Å². The third kappa shape index (κ3) is 8.52. The molecule has 0 bridgehead atoms. The second kappa shape index (κ2) is 14.8. The number of pyridine rings is 1. The SMILES string of the molecule is COc1ncc(-c2cc(OCCCOc3ccc(C(=O)Nc4ccccc4NC(=O)OC(C)(C)C)cc3)c3ncnc(C)c3c2)cc1F. The summed E-state index contributed by atoms with van der Waals surface area (Å²) in [4.78, 5) is 38.0. The highest BCUT2D eigenvalue weighted by Crippen LogP contribution is 2.33. The van der Waals surface area contributed by atoms with Crippen molar-refractivity contribution in [1.29, 1.82) is 0 Å². The second-order valence-electron chi connectivity index (χ2n) is 11.7. The zero-order valence-electron chi connectivity index (χ0n) is 27.3. The minimum atomic E-state index is -0.659. The van der Waals surface area contributed by atoms with E-state index in [0.29, 0.717) is 64.7 Å². The van der Waals surface area contributed by atoms with E-state index in [9.17, 15) is 14.0 Å². The summed E-state index contributed by atoms with van der Waals surface area (Å²) in [6, 6.07) is 18.6. The Kier molecular flexibility index (Phi) is 10.3. The number of hydrogen-bond donors (Lipinski definition) is 2. The minimum absolute atomic E-state index is 0.0797. The van der Waals surface area contributed by atoms with Gasteiger partial charge in [-0.15, -0.1) is 0 Å². The zero-order chi connectivity index (χ0) is 34.3. The number of benzene rings is 3. The molecule has 2 N–H and O–H groups in total. The summed E-state index contributed by atoms with van der Waals surface area (Å²) in [6.07, 6.45) is 2.95. The number of aryl methyl sites for hydroxylation is 1. The molecular weight excluding hydrogens is 617 g/mol. The van der Waals surface area contributed by atoms with Crippen LogP contribution >= 0.6 is 0 Å². The van der Waals surface area contributed by atoms with Crippen molar-refractivity contribution in [1.82, 2.24) is 15.0 Å². The predicted molar refractivity (Wildman–Crippen MR) is 180 cm³/mol.